The Bertz CT molecular complexity index is 688. The molecule has 3 aliphatic rings. The van der Waals surface area contributed by atoms with Crippen LogP contribution in [0, 0.1) is 0 Å². The standard InChI is InChI=1S/C22H33N3O3/c1-23(2)22(26)28-21-6-3-5-17-18-9-12-25(20(18)8-7-19(17)21)11-4-10-24-13-15-27-16-14-24/h3,5-6,18,20H,4,7-16H2,1-2H3/t18-,20+/m0/s1. The van der Waals surface area contributed by atoms with E-state index in [-0.39, 0.29) is 6.09 Å². The molecule has 1 amide bonds. The second-order valence-electron chi connectivity index (χ2n) is 8.43. The first-order valence-corrected chi connectivity index (χ1v) is 10.7. The van der Waals surface area contributed by atoms with Crippen molar-refractivity contribution in [3.05, 3.63) is 29.3 Å². The van der Waals surface area contributed by atoms with Gasteiger partial charge in [0.15, 0.2) is 0 Å². The third kappa shape index (κ3) is 4.19. The molecular weight excluding hydrogens is 354 g/mol. The smallest absolute Gasteiger partial charge is 0.410 e. The summed E-state index contributed by atoms with van der Waals surface area (Å²) in [5, 5.41) is 0. The maximum absolute atomic E-state index is 12.0. The quantitative estimate of drug-likeness (QED) is 0.777. The lowest BCUT2D eigenvalue weighted by Gasteiger charge is -2.34. The van der Waals surface area contributed by atoms with Crippen molar-refractivity contribution in [3.8, 4) is 5.75 Å². The first-order valence-electron chi connectivity index (χ1n) is 10.7. The Morgan fingerprint density at radius 3 is 2.79 bits per heavy atom. The van der Waals surface area contributed by atoms with Crippen LogP contribution in [0.4, 0.5) is 4.79 Å². The molecule has 6 heteroatoms. The van der Waals surface area contributed by atoms with Crippen molar-refractivity contribution in [1.29, 1.82) is 0 Å². The number of benzene rings is 1. The van der Waals surface area contributed by atoms with Crippen molar-refractivity contribution in [2.24, 2.45) is 0 Å². The Labute approximate surface area is 168 Å². The molecule has 1 aromatic carbocycles. The van der Waals surface area contributed by atoms with Gasteiger partial charge in [-0.05, 0) is 62.5 Å². The van der Waals surface area contributed by atoms with Crippen LogP contribution in [-0.2, 0) is 11.2 Å². The van der Waals surface area contributed by atoms with Crippen LogP contribution in [0.15, 0.2) is 18.2 Å². The summed E-state index contributed by atoms with van der Waals surface area (Å²) in [5.74, 6) is 1.32. The first-order chi connectivity index (χ1) is 13.6. The van der Waals surface area contributed by atoms with E-state index < -0.39 is 0 Å². The van der Waals surface area contributed by atoms with E-state index in [0.717, 1.165) is 44.9 Å². The molecule has 0 saturated carbocycles. The van der Waals surface area contributed by atoms with E-state index in [1.165, 1.54) is 48.5 Å². The van der Waals surface area contributed by atoms with Crippen molar-refractivity contribution in [2.75, 3.05) is 60.0 Å². The summed E-state index contributed by atoms with van der Waals surface area (Å²) in [7, 11) is 3.44. The molecule has 0 bridgehead atoms. The second-order valence-corrected chi connectivity index (χ2v) is 8.43. The number of nitrogens with zero attached hydrogens (tertiary/aromatic N) is 3. The van der Waals surface area contributed by atoms with Gasteiger partial charge in [0.1, 0.15) is 5.75 Å². The minimum absolute atomic E-state index is 0.299. The van der Waals surface area contributed by atoms with Gasteiger partial charge in [-0.2, -0.15) is 0 Å². The molecule has 6 nitrogen and oxygen atoms in total. The Balaban J connectivity index is 1.37. The van der Waals surface area contributed by atoms with E-state index in [2.05, 4.69) is 15.9 Å². The third-order valence-corrected chi connectivity index (χ3v) is 6.51. The number of fused-ring (bicyclic) bond motifs is 3. The van der Waals surface area contributed by atoms with Crippen molar-refractivity contribution < 1.29 is 14.3 Å². The topological polar surface area (TPSA) is 45.2 Å². The summed E-state index contributed by atoms with van der Waals surface area (Å²) < 4.78 is 11.1. The molecule has 0 aromatic heterocycles. The van der Waals surface area contributed by atoms with E-state index in [0.29, 0.717) is 12.0 Å². The van der Waals surface area contributed by atoms with Crippen LogP contribution in [0.25, 0.3) is 0 Å². The molecule has 0 radical (unpaired) electrons. The van der Waals surface area contributed by atoms with E-state index >= 15 is 0 Å². The Kier molecular flexibility index (Phi) is 6.19. The number of hydrogen-bond acceptors (Lipinski definition) is 5. The largest absolute Gasteiger partial charge is 0.414 e. The van der Waals surface area contributed by atoms with Gasteiger partial charge in [0.25, 0.3) is 0 Å². The molecule has 2 aliphatic heterocycles. The molecule has 2 saturated heterocycles. The number of ether oxygens (including phenoxy) is 2. The second kappa shape index (κ2) is 8.80. The number of morpholine rings is 1. The van der Waals surface area contributed by atoms with Gasteiger partial charge in [0, 0.05) is 39.1 Å². The monoisotopic (exact) mass is 387 g/mol. The average Bonchev–Trinajstić information content (AvgIpc) is 3.12. The highest BCUT2D eigenvalue weighted by Crippen LogP contribution is 2.44. The fourth-order valence-electron chi connectivity index (χ4n) is 5.03. The highest BCUT2D eigenvalue weighted by molar-refractivity contribution is 5.70. The average molecular weight is 388 g/mol. The molecule has 2 atom stereocenters. The zero-order valence-electron chi connectivity index (χ0n) is 17.2. The van der Waals surface area contributed by atoms with Crippen molar-refractivity contribution in [2.45, 2.75) is 37.6 Å². The Hall–Kier alpha value is -1.63. The molecule has 2 fully saturated rings. The lowest BCUT2D eigenvalue weighted by atomic mass is 9.79. The van der Waals surface area contributed by atoms with Crippen LogP contribution in [0.3, 0.4) is 0 Å². The van der Waals surface area contributed by atoms with Gasteiger partial charge in [-0.25, -0.2) is 4.79 Å². The molecule has 4 rings (SSSR count). The van der Waals surface area contributed by atoms with Crippen LogP contribution < -0.4 is 4.74 Å². The minimum atomic E-state index is -0.299. The van der Waals surface area contributed by atoms with Gasteiger partial charge in [-0.3, -0.25) is 9.80 Å². The number of rotatable bonds is 5. The predicted molar refractivity (Wildman–Crippen MR) is 109 cm³/mol. The van der Waals surface area contributed by atoms with Crippen LogP contribution in [0.2, 0.25) is 0 Å². The zero-order valence-corrected chi connectivity index (χ0v) is 17.2. The van der Waals surface area contributed by atoms with Crippen LogP contribution in [0.5, 0.6) is 5.75 Å². The normalized spacial score (nSPS) is 25.2. The van der Waals surface area contributed by atoms with Crippen molar-refractivity contribution in [1.82, 2.24) is 14.7 Å². The van der Waals surface area contributed by atoms with Gasteiger partial charge >= 0.3 is 6.09 Å². The Morgan fingerprint density at radius 2 is 2.00 bits per heavy atom. The van der Waals surface area contributed by atoms with Gasteiger partial charge in [-0.1, -0.05) is 12.1 Å². The van der Waals surface area contributed by atoms with E-state index in [1.54, 1.807) is 14.1 Å². The molecule has 1 aliphatic carbocycles. The number of likely N-dealkylation sites (tertiary alicyclic amines) is 1. The summed E-state index contributed by atoms with van der Waals surface area (Å²) in [6, 6.07) is 6.86. The molecule has 2 heterocycles. The highest BCUT2D eigenvalue weighted by atomic mass is 16.6. The van der Waals surface area contributed by atoms with Crippen LogP contribution >= 0.6 is 0 Å². The summed E-state index contributed by atoms with van der Waals surface area (Å²) in [5.41, 5.74) is 2.64. The van der Waals surface area contributed by atoms with E-state index in [4.69, 9.17) is 9.47 Å². The van der Waals surface area contributed by atoms with Gasteiger partial charge in [-0.15, -0.1) is 0 Å². The van der Waals surface area contributed by atoms with Crippen molar-refractivity contribution in [3.63, 3.8) is 0 Å². The molecule has 1 aromatic rings. The lowest BCUT2D eigenvalue weighted by Crippen LogP contribution is -2.40. The third-order valence-electron chi connectivity index (χ3n) is 6.51. The number of carbonyl (C=O) groups is 1. The highest BCUT2D eigenvalue weighted by Gasteiger charge is 2.39. The van der Waals surface area contributed by atoms with E-state index in [1.807, 2.05) is 12.1 Å². The summed E-state index contributed by atoms with van der Waals surface area (Å²) >= 11 is 0. The number of amides is 1. The SMILES string of the molecule is CN(C)C(=O)Oc1cccc2c1CC[C@@H]1[C@H]2CCN1CCCN1CCOCC1. The summed E-state index contributed by atoms with van der Waals surface area (Å²) in [6.45, 7) is 7.46. The fraction of sp³-hybridized carbons (Fsp3) is 0.682. The van der Waals surface area contributed by atoms with Crippen LogP contribution in [-0.4, -0.2) is 86.9 Å². The van der Waals surface area contributed by atoms with Gasteiger partial charge in [0.2, 0.25) is 0 Å². The van der Waals surface area contributed by atoms with Crippen LogP contribution in [0.1, 0.15) is 36.3 Å². The molecule has 0 N–H and O–H groups in total. The maximum Gasteiger partial charge on any atom is 0.414 e. The maximum atomic E-state index is 12.0. The minimum Gasteiger partial charge on any atom is -0.410 e. The fourth-order valence-corrected chi connectivity index (χ4v) is 5.03. The molecule has 0 unspecified atom stereocenters. The lowest BCUT2D eigenvalue weighted by molar-refractivity contribution is 0.0358. The van der Waals surface area contributed by atoms with Gasteiger partial charge in [0.05, 0.1) is 13.2 Å². The summed E-state index contributed by atoms with van der Waals surface area (Å²) in [4.78, 5) is 18.7. The first kappa shape index (κ1) is 19.7. The van der Waals surface area contributed by atoms with Crippen molar-refractivity contribution >= 4 is 6.09 Å². The van der Waals surface area contributed by atoms with E-state index in [9.17, 15) is 4.79 Å². The molecule has 28 heavy (non-hydrogen) atoms. The summed E-state index contributed by atoms with van der Waals surface area (Å²) in [6.07, 6.45) is 4.29. The number of hydrogen-bond donors (Lipinski definition) is 0. The Morgan fingerprint density at radius 1 is 1.18 bits per heavy atom. The molecular formula is C22H33N3O3. The number of carbonyl (C=O) groups excluding carboxylic acids is 1. The zero-order chi connectivity index (χ0) is 19.5. The predicted octanol–water partition coefficient (Wildman–Crippen LogP) is 2.57. The molecule has 154 valence electrons. The van der Waals surface area contributed by atoms with Gasteiger partial charge < -0.3 is 14.4 Å². The molecule has 0 spiro atoms.